The summed E-state index contributed by atoms with van der Waals surface area (Å²) in [5, 5.41) is 15.6. The van der Waals surface area contributed by atoms with Gasteiger partial charge in [0.1, 0.15) is 23.4 Å². The number of benzene rings is 2. The summed E-state index contributed by atoms with van der Waals surface area (Å²) in [4.78, 5) is 29.0. The quantitative estimate of drug-likeness (QED) is 0.684. The van der Waals surface area contributed by atoms with Crippen molar-refractivity contribution in [3.8, 4) is 11.1 Å². The Morgan fingerprint density at radius 1 is 1.17 bits per heavy atom. The fraction of sp³-hybridized carbons (Fsp3) is 0.286. The number of aliphatic carboxylic acids is 1. The molecule has 4 rings (SSSR count). The normalized spacial score (nSPS) is 18.2. The summed E-state index contributed by atoms with van der Waals surface area (Å²) in [6, 6.07) is 14.9. The van der Waals surface area contributed by atoms with Crippen molar-refractivity contribution in [2.75, 3.05) is 6.61 Å². The number of ether oxygens (including phenoxy) is 1. The molecular weight excluding hydrogens is 440 g/mol. The van der Waals surface area contributed by atoms with Crippen LogP contribution in [-0.4, -0.2) is 40.5 Å². The Bertz CT molecular complexity index is 932. The summed E-state index contributed by atoms with van der Waals surface area (Å²) in [5.41, 5.74) is 4.45. The smallest absolute Gasteiger partial charge is 0.407 e. The van der Waals surface area contributed by atoms with Crippen LogP contribution in [0.4, 0.5) is 4.79 Å². The monoisotopic (exact) mass is 458 g/mol. The lowest BCUT2D eigenvalue weighted by atomic mass is 9.98. The van der Waals surface area contributed by atoms with E-state index in [4.69, 9.17) is 9.57 Å². The van der Waals surface area contributed by atoms with Gasteiger partial charge in [-0.25, -0.2) is 9.59 Å². The van der Waals surface area contributed by atoms with E-state index in [1.54, 1.807) is 0 Å². The highest BCUT2D eigenvalue weighted by Gasteiger charge is 2.31. The molecule has 0 unspecified atom stereocenters. The number of oxime groups is 1. The van der Waals surface area contributed by atoms with Crippen molar-refractivity contribution >= 4 is 32.6 Å². The Kier molecular flexibility index (Phi) is 5.53. The number of nitrogens with zero attached hydrogens (tertiary/aromatic N) is 1. The maximum absolute atomic E-state index is 12.3. The standard InChI is InChI=1S/C21H19BrN2O5/c22-19-10-12(29-24-19)9-18(20(25)26)23-21(27)28-11-17-15-7-3-1-5-13(15)14-6-2-4-8-16(14)17/h1-8,12,17-18H,9-11H2,(H,23,27)(H,25,26)/t12-,18-/m1/s1. The summed E-state index contributed by atoms with van der Waals surface area (Å²) in [5.74, 6) is -1.23. The zero-order valence-electron chi connectivity index (χ0n) is 15.4. The van der Waals surface area contributed by atoms with Crippen LogP contribution < -0.4 is 5.32 Å². The zero-order chi connectivity index (χ0) is 20.4. The minimum absolute atomic E-state index is 0.0843. The highest BCUT2D eigenvalue weighted by atomic mass is 79.9. The van der Waals surface area contributed by atoms with Crippen molar-refractivity contribution in [2.45, 2.75) is 30.9 Å². The molecule has 2 aliphatic rings. The van der Waals surface area contributed by atoms with E-state index in [2.05, 4.69) is 38.5 Å². The molecule has 2 atom stereocenters. The van der Waals surface area contributed by atoms with Gasteiger partial charge >= 0.3 is 12.1 Å². The van der Waals surface area contributed by atoms with Crippen LogP contribution in [0.5, 0.6) is 0 Å². The van der Waals surface area contributed by atoms with Gasteiger partial charge in [0.25, 0.3) is 0 Å². The molecule has 2 N–H and O–H groups in total. The first-order chi connectivity index (χ1) is 14.0. The molecule has 29 heavy (non-hydrogen) atoms. The number of hydrogen-bond acceptors (Lipinski definition) is 5. The molecule has 0 spiro atoms. The van der Waals surface area contributed by atoms with E-state index in [1.165, 1.54) is 0 Å². The number of carbonyl (C=O) groups excluding carboxylic acids is 1. The first kappa shape index (κ1) is 19.4. The second kappa shape index (κ2) is 8.24. The van der Waals surface area contributed by atoms with E-state index in [0.717, 1.165) is 22.3 Å². The van der Waals surface area contributed by atoms with E-state index in [1.807, 2.05) is 36.4 Å². The lowest BCUT2D eigenvalue weighted by molar-refractivity contribution is -0.140. The van der Waals surface area contributed by atoms with Crippen LogP contribution >= 0.6 is 15.9 Å². The number of carbonyl (C=O) groups is 2. The second-order valence-electron chi connectivity index (χ2n) is 7.00. The van der Waals surface area contributed by atoms with Gasteiger partial charge in [-0.05, 0) is 38.2 Å². The van der Waals surface area contributed by atoms with Gasteiger partial charge in [0.2, 0.25) is 0 Å². The molecule has 7 nitrogen and oxygen atoms in total. The topological polar surface area (TPSA) is 97.2 Å². The average Bonchev–Trinajstić information content (AvgIpc) is 3.27. The molecule has 0 aromatic heterocycles. The van der Waals surface area contributed by atoms with Crippen molar-refractivity contribution in [1.29, 1.82) is 0 Å². The number of rotatable bonds is 6. The largest absolute Gasteiger partial charge is 0.480 e. The number of carboxylic acid groups (broad SMARTS) is 1. The van der Waals surface area contributed by atoms with Crippen LogP contribution in [0.3, 0.4) is 0 Å². The fourth-order valence-corrected chi connectivity index (χ4v) is 4.23. The van der Waals surface area contributed by atoms with Crippen molar-refractivity contribution < 1.29 is 24.3 Å². The Labute approximate surface area is 175 Å². The third-order valence-electron chi connectivity index (χ3n) is 5.13. The van der Waals surface area contributed by atoms with Gasteiger partial charge in [-0.3, -0.25) is 0 Å². The average molecular weight is 459 g/mol. The molecule has 150 valence electrons. The van der Waals surface area contributed by atoms with E-state index in [-0.39, 0.29) is 18.9 Å². The Hall–Kier alpha value is -2.87. The van der Waals surface area contributed by atoms with E-state index < -0.39 is 24.2 Å². The second-order valence-corrected chi connectivity index (χ2v) is 7.91. The molecule has 1 aliphatic carbocycles. The number of nitrogens with one attached hydrogen (secondary N) is 1. The summed E-state index contributed by atoms with van der Waals surface area (Å²) < 4.78 is 6.03. The zero-order valence-corrected chi connectivity index (χ0v) is 17.0. The Morgan fingerprint density at radius 2 is 1.79 bits per heavy atom. The third-order valence-corrected chi connectivity index (χ3v) is 5.60. The molecule has 2 aromatic rings. The van der Waals surface area contributed by atoms with Crippen molar-refractivity contribution in [3.63, 3.8) is 0 Å². The van der Waals surface area contributed by atoms with Crippen molar-refractivity contribution in [3.05, 3.63) is 59.7 Å². The Balaban J connectivity index is 1.39. The van der Waals surface area contributed by atoms with Gasteiger partial charge in [-0.2, -0.15) is 0 Å². The van der Waals surface area contributed by atoms with Crippen LogP contribution in [0.15, 0.2) is 53.7 Å². The van der Waals surface area contributed by atoms with Crippen molar-refractivity contribution in [2.24, 2.45) is 5.16 Å². The van der Waals surface area contributed by atoms with Gasteiger partial charge in [0.05, 0.1) is 0 Å². The van der Waals surface area contributed by atoms with E-state index in [0.29, 0.717) is 11.0 Å². The Morgan fingerprint density at radius 3 is 2.34 bits per heavy atom. The highest BCUT2D eigenvalue weighted by Crippen LogP contribution is 2.44. The predicted molar refractivity (Wildman–Crippen MR) is 110 cm³/mol. The SMILES string of the molecule is O=C(N[C@H](C[C@@H]1CC(Br)=NO1)C(=O)O)OCC1c2ccccc2-c2ccccc21. The van der Waals surface area contributed by atoms with Gasteiger partial charge < -0.3 is 20.0 Å². The number of alkyl carbamates (subject to hydrolysis) is 1. The predicted octanol–water partition coefficient (Wildman–Crippen LogP) is 3.87. The number of hydrogen-bond donors (Lipinski definition) is 2. The van der Waals surface area contributed by atoms with Crippen LogP contribution in [0.2, 0.25) is 0 Å². The molecule has 1 heterocycles. The molecule has 1 aliphatic heterocycles. The molecule has 0 bridgehead atoms. The maximum Gasteiger partial charge on any atom is 0.407 e. The first-order valence-corrected chi connectivity index (χ1v) is 10.0. The molecule has 0 saturated heterocycles. The molecule has 0 fully saturated rings. The lowest BCUT2D eigenvalue weighted by Crippen LogP contribution is -2.43. The molecule has 1 amide bonds. The lowest BCUT2D eigenvalue weighted by Gasteiger charge is -2.19. The number of carboxylic acids is 1. The molecule has 0 radical (unpaired) electrons. The maximum atomic E-state index is 12.3. The van der Waals surface area contributed by atoms with Crippen LogP contribution in [0.1, 0.15) is 29.9 Å². The summed E-state index contributed by atoms with van der Waals surface area (Å²) >= 11 is 3.21. The van der Waals surface area contributed by atoms with Gasteiger partial charge in [0, 0.05) is 18.8 Å². The van der Waals surface area contributed by atoms with Crippen molar-refractivity contribution in [1.82, 2.24) is 5.32 Å². The summed E-state index contributed by atoms with van der Waals surface area (Å²) in [6.07, 6.45) is -0.606. The minimum atomic E-state index is -1.15. The van der Waals surface area contributed by atoms with Crippen LogP contribution in [0, 0.1) is 0 Å². The third kappa shape index (κ3) is 4.12. The molecule has 2 aromatic carbocycles. The van der Waals surface area contributed by atoms with Gasteiger partial charge in [-0.15, -0.1) is 0 Å². The molecular formula is C21H19BrN2O5. The molecule has 8 heteroatoms. The number of amides is 1. The fourth-order valence-electron chi connectivity index (χ4n) is 3.79. The van der Waals surface area contributed by atoms with Crippen LogP contribution in [-0.2, 0) is 14.4 Å². The van der Waals surface area contributed by atoms with Crippen LogP contribution in [0.25, 0.3) is 11.1 Å². The molecule has 0 saturated carbocycles. The number of fused-ring (bicyclic) bond motifs is 3. The van der Waals surface area contributed by atoms with Gasteiger partial charge in [0.15, 0.2) is 0 Å². The minimum Gasteiger partial charge on any atom is -0.480 e. The summed E-state index contributed by atoms with van der Waals surface area (Å²) in [6.45, 7) is 0.126. The first-order valence-electron chi connectivity index (χ1n) is 9.25. The van der Waals surface area contributed by atoms with E-state index in [9.17, 15) is 14.7 Å². The van der Waals surface area contributed by atoms with Gasteiger partial charge in [-0.1, -0.05) is 53.7 Å². The highest BCUT2D eigenvalue weighted by molar-refractivity contribution is 9.18. The summed E-state index contributed by atoms with van der Waals surface area (Å²) in [7, 11) is 0. The van der Waals surface area contributed by atoms with E-state index >= 15 is 0 Å². The number of halogens is 1.